The molecule has 2 rings (SSSR count). The Kier molecular flexibility index (Phi) is 3.50. The van der Waals surface area contributed by atoms with Gasteiger partial charge in [0.2, 0.25) is 0 Å². The van der Waals surface area contributed by atoms with Crippen molar-refractivity contribution < 1.29 is 9.18 Å². The number of urea groups is 1. The number of thiazole rings is 1. The van der Waals surface area contributed by atoms with Gasteiger partial charge in [-0.1, -0.05) is 11.3 Å². The maximum atomic E-state index is 12.6. The maximum absolute atomic E-state index is 12.6. The highest BCUT2D eigenvalue weighted by Crippen LogP contribution is 2.17. The van der Waals surface area contributed by atoms with Crippen LogP contribution in [0.1, 0.15) is 4.88 Å². The Labute approximate surface area is 106 Å². The van der Waals surface area contributed by atoms with E-state index in [0.717, 1.165) is 11.3 Å². The summed E-state index contributed by atoms with van der Waals surface area (Å²) in [6.07, 6.45) is 1.37. The molecule has 1 aromatic heterocycles. The molecule has 5 nitrogen and oxygen atoms in total. The predicted molar refractivity (Wildman–Crippen MR) is 65.9 cm³/mol. The molecule has 18 heavy (non-hydrogen) atoms. The van der Waals surface area contributed by atoms with E-state index in [4.69, 9.17) is 5.26 Å². The first-order chi connectivity index (χ1) is 8.67. The van der Waals surface area contributed by atoms with E-state index in [2.05, 4.69) is 15.6 Å². The first kappa shape index (κ1) is 12.0. The van der Waals surface area contributed by atoms with Gasteiger partial charge in [-0.2, -0.15) is 5.26 Å². The quantitative estimate of drug-likeness (QED) is 0.873. The standard InChI is InChI=1S/C11H7FN4OS/c12-7-1-3-8(4-2-7)15-10(17)16-11-14-6-9(5-13)18-11/h1-4,6H,(H2,14,15,16,17). The molecule has 0 radical (unpaired) electrons. The largest absolute Gasteiger partial charge is 0.325 e. The number of anilines is 2. The number of nitriles is 1. The number of aromatic nitrogens is 1. The van der Waals surface area contributed by atoms with Crippen molar-refractivity contribution in [3.63, 3.8) is 0 Å². The van der Waals surface area contributed by atoms with Gasteiger partial charge in [-0.3, -0.25) is 5.32 Å². The summed E-state index contributed by atoms with van der Waals surface area (Å²) < 4.78 is 12.6. The number of halogens is 1. The third kappa shape index (κ3) is 3.02. The minimum absolute atomic E-state index is 0.325. The molecule has 1 heterocycles. The van der Waals surface area contributed by atoms with Crippen molar-refractivity contribution >= 4 is 28.2 Å². The third-order valence-corrected chi connectivity index (χ3v) is 2.76. The van der Waals surface area contributed by atoms with Gasteiger partial charge in [0.1, 0.15) is 16.8 Å². The minimum Gasteiger partial charge on any atom is -0.308 e. The normalized spacial score (nSPS) is 9.56. The second-order valence-corrected chi connectivity index (χ2v) is 4.26. The van der Waals surface area contributed by atoms with Gasteiger partial charge < -0.3 is 5.32 Å². The molecule has 2 N–H and O–H groups in total. The lowest BCUT2D eigenvalue weighted by Gasteiger charge is -2.04. The topological polar surface area (TPSA) is 77.8 Å². The summed E-state index contributed by atoms with van der Waals surface area (Å²) in [6.45, 7) is 0. The number of hydrogen-bond donors (Lipinski definition) is 2. The van der Waals surface area contributed by atoms with E-state index in [0.29, 0.717) is 15.7 Å². The Morgan fingerprint density at radius 1 is 1.33 bits per heavy atom. The summed E-state index contributed by atoms with van der Waals surface area (Å²) in [5.41, 5.74) is 0.464. The Bertz CT molecular complexity index is 602. The Hall–Kier alpha value is -2.46. The van der Waals surface area contributed by atoms with E-state index in [-0.39, 0.29) is 5.82 Å². The first-order valence-corrected chi connectivity index (χ1v) is 5.68. The number of benzene rings is 1. The molecule has 0 spiro atoms. The van der Waals surface area contributed by atoms with Crippen LogP contribution >= 0.6 is 11.3 Å². The lowest BCUT2D eigenvalue weighted by Crippen LogP contribution is -2.19. The molecule has 2 amide bonds. The van der Waals surface area contributed by atoms with Gasteiger partial charge in [-0.15, -0.1) is 0 Å². The van der Waals surface area contributed by atoms with Crippen LogP contribution in [0, 0.1) is 17.1 Å². The number of carbonyl (C=O) groups excluding carboxylic acids is 1. The molecular weight excluding hydrogens is 255 g/mol. The van der Waals surface area contributed by atoms with Crippen LogP contribution in [0.25, 0.3) is 0 Å². The van der Waals surface area contributed by atoms with Crippen molar-refractivity contribution in [2.75, 3.05) is 10.6 Å². The van der Waals surface area contributed by atoms with Crippen LogP contribution in [-0.4, -0.2) is 11.0 Å². The van der Waals surface area contributed by atoms with E-state index in [1.165, 1.54) is 30.5 Å². The highest BCUT2D eigenvalue weighted by atomic mass is 32.1. The molecular formula is C11H7FN4OS. The van der Waals surface area contributed by atoms with Crippen molar-refractivity contribution in [2.45, 2.75) is 0 Å². The van der Waals surface area contributed by atoms with E-state index in [1.54, 1.807) is 0 Å². The predicted octanol–water partition coefficient (Wildman–Crippen LogP) is 2.80. The molecule has 0 atom stereocenters. The van der Waals surface area contributed by atoms with Crippen molar-refractivity contribution in [1.82, 2.24) is 4.98 Å². The fourth-order valence-corrected chi connectivity index (χ4v) is 1.78. The molecule has 7 heteroatoms. The first-order valence-electron chi connectivity index (χ1n) is 4.87. The van der Waals surface area contributed by atoms with Crippen LogP contribution < -0.4 is 10.6 Å². The van der Waals surface area contributed by atoms with Gasteiger partial charge in [0.05, 0.1) is 6.20 Å². The fraction of sp³-hybridized carbons (Fsp3) is 0. The molecule has 0 saturated carbocycles. The molecule has 0 bridgehead atoms. The molecule has 0 fully saturated rings. The average Bonchev–Trinajstić information content (AvgIpc) is 2.79. The Morgan fingerprint density at radius 3 is 2.67 bits per heavy atom. The van der Waals surface area contributed by atoms with Gasteiger partial charge in [0.15, 0.2) is 5.13 Å². The van der Waals surface area contributed by atoms with E-state index in [1.807, 2.05) is 6.07 Å². The lowest BCUT2D eigenvalue weighted by atomic mass is 10.3. The van der Waals surface area contributed by atoms with Gasteiger partial charge in [0.25, 0.3) is 0 Å². The minimum atomic E-state index is -0.500. The van der Waals surface area contributed by atoms with Crippen molar-refractivity contribution in [3.8, 4) is 6.07 Å². The van der Waals surface area contributed by atoms with Crippen molar-refractivity contribution in [3.05, 3.63) is 41.2 Å². The van der Waals surface area contributed by atoms with Crippen LogP contribution in [0.2, 0.25) is 0 Å². The summed E-state index contributed by atoms with van der Waals surface area (Å²) in [7, 11) is 0. The van der Waals surface area contributed by atoms with Gasteiger partial charge >= 0.3 is 6.03 Å². The zero-order valence-electron chi connectivity index (χ0n) is 8.98. The number of amides is 2. The molecule has 90 valence electrons. The van der Waals surface area contributed by atoms with Crippen LogP contribution in [0.4, 0.5) is 20.0 Å². The van der Waals surface area contributed by atoms with Gasteiger partial charge in [-0.05, 0) is 24.3 Å². The number of hydrogen-bond acceptors (Lipinski definition) is 4. The smallest absolute Gasteiger partial charge is 0.308 e. The summed E-state index contributed by atoms with van der Waals surface area (Å²) in [5.74, 6) is -0.375. The SMILES string of the molecule is N#Cc1cnc(NC(=O)Nc2ccc(F)cc2)s1. The summed E-state index contributed by atoms with van der Waals surface area (Å²) >= 11 is 1.07. The van der Waals surface area contributed by atoms with E-state index < -0.39 is 6.03 Å². The highest BCUT2D eigenvalue weighted by Gasteiger charge is 2.06. The number of nitrogens with one attached hydrogen (secondary N) is 2. The zero-order chi connectivity index (χ0) is 13.0. The van der Waals surface area contributed by atoms with E-state index in [9.17, 15) is 9.18 Å². The number of nitrogens with zero attached hydrogens (tertiary/aromatic N) is 2. The molecule has 0 unspecified atom stereocenters. The Morgan fingerprint density at radius 2 is 2.06 bits per heavy atom. The molecule has 2 aromatic rings. The van der Waals surface area contributed by atoms with Crippen LogP contribution in [0.15, 0.2) is 30.5 Å². The summed E-state index contributed by atoms with van der Waals surface area (Å²) in [6, 6.07) is 6.79. The van der Waals surface area contributed by atoms with Crippen molar-refractivity contribution in [2.24, 2.45) is 0 Å². The summed E-state index contributed by atoms with van der Waals surface area (Å²) in [5, 5.41) is 13.9. The molecule has 0 aliphatic rings. The van der Waals surface area contributed by atoms with Crippen LogP contribution in [0.5, 0.6) is 0 Å². The van der Waals surface area contributed by atoms with Crippen LogP contribution in [0.3, 0.4) is 0 Å². The van der Waals surface area contributed by atoms with Crippen LogP contribution in [-0.2, 0) is 0 Å². The zero-order valence-corrected chi connectivity index (χ0v) is 9.79. The third-order valence-electron chi connectivity index (χ3n) is 1.94. The lowest BCUT2D eigenvalue weighted by molar-refractivity contribution is 0.262. The number of carbonyl (C=O) groups is 1. The molecule has 0 aliphatic carbocycles. The maximum Gasteiger partial charge on any atom is 0.325 e. The molecule has 0 saturated heterocycles. The second kappa shape index (κ2) is 5.25. The van der Waals surface area contributed by atoms with Crippen molar-refractivity contribution in [1.29, 1.82) is 5.26 Å². The Balaban J connectivity index is 1.96. The average molecular weight is 262 g/mol. The molecule has 0 aliphatic heterocycles. The fourth-order valence-electron chi connectivity index (χ4n) is 1.18. The number of rotatable bonds is 2. The summed E-state index contributed by atoms with van der Waals surface area (Å²) in [4.78, 5) is 15.8. The highest BCUT2D eigenvalue weighted by molar-refractivity contribution is 7.16. The second-order valence-electron chi connectivity index (χ2n) is 3.23. The van der Waals surface area contributed by atoms with Gasteiger partial charge in [-0.25, -0.2) is 14.2 Å². The van der Waals surface area contributed by atoms with Gasteiger partial charge in [0, 0.05) is 5.69 Å². The van der Waals surface area contributed by atoms with E-state index >= 15 is 0 Å². The molecule has 1 aromatic carbocycles. The monoisotopic (exact) mass is 262 g/mol.